The molecular weight excluding hydrogens is 340 g/mol. The number of carbonyl (C=O) groups excluding carboxylic acids is 2. The van der Waals surface area contributed by atoms with Crippen LogP contribution in [-0.2, 0) is 0 Å². The first kappa shape index (κ1) is 19.0. The Balaban J connectivity index is 1.72. The summed E-state index contributed by atoms with van der Waals surface area (Å²) in [7, 11) is 0. The molecule has 5 heteroatoms. The standard InChI is InChI=1S/C22H26N2O3/c1-2-15-27-20-12-5-4-11-19(20)21(25)23-18-10-8-9-17(16-18)22(26)24-13-6-3-7-14-24/h4-5,8-12,16H,2-3,6-7,13-15H2,1H3,(H,23,25). The zero-order valence-corrected chi connectivity index (χ0v) is 15.7. The Morgan fingerprint density at radius 1 is 1.04 bits per heavy atom. The third kappa shape index (κ3) is 4.88. The molecule has 0 aromatic heterocycles. The van der Waals surface area contributed by atoms with Crippen LogP contribution in [0.15, 0.2) is 48.5 Å². The molecule has 1 aliphatic rings. The molecular formula is C22H26N2O3. The van der Waals surface area contributed by atoms with Crippen molar-refractivity contribution in [1.82, 2.24) is 4.90 Å². The van der Waals surface area contributed by atoms with Gasteiger partial charge in [0.2, 0.25) is 0 Å². The molecule has 3 rings (SSSR count). The summed E-state index contributed by atoms with van der Waals surface area (Å²) in [4.78, 5) is 27.3. The van der Waals surface area contributed by atoms with Gasteiger partial charge >= 0.3 is 0 Å². The lowest BCUT2D eigenvalue weighted by Crippen LogP contribution is -2.35. The molecule has 0 aliphatic carbocycles. The summed E-state index contributed by atoms with van der Waals surface area (Å²) in [5.74, 6) is 0.346. The van der Waals surface area contributed by atoms with Crippen molar-refractivity contribution < 1.29 is 14.3 Å². The fourth-order valence-corrected chi connectivity index (χ4v) is 3.20. The van der Waals surface area contributed by atoms with E-state index in [1.54, 1.807) is 36.4 Å². The van der Waals surface area contributed by atoms with Gasteiger partial charge in [-0.3, -0.25) is 9.59 Å². The van der Waals surface area contributed by atoms with E-state index in [4.69, 9.17) is 4.74 Å². The molecule has 0 bridgehead atoms. The summed E-state index contributed by atoms with van der Waals surface area (Å²) in [6, 6.07) is 14.3. The topological polar surface area (TPSA) is 58.6 Å². The minimum Gasteiger partial charge on any atom is -0.493 e. The van der Waals surface area contributed by atoms with Crippen molar-refractivity contribution in [2.45, 2.75) is 32.6 Å². The highest BCUT2D eigenvalue weighted by atomic mass is 16.5. The van der Waals surface area contributed by atoms with Crippen molar-refractivity contribution in [3.63, 3.8) is 0 Å². The van der Waals surface area contributed by atoms with Crippen LogP contribution in [0, 0.1) is 0 Å². The smallest absolute Gasteiger partial charge is 0.259 e. The number of hydrogen-bond acceptors (Lipinski definition) is 3. The van der Waals surface area contributed by atoms with Gasteiger partial charge in [-0.1, -0.05) is 25.1 Å². The third-order valence-corrected chi connectivity index (χ3v) is 4.60. The van der Waals surface area contributed by atoms with Crippen LogP contribution in [0.3, 0.4) is 0 Å². The zero-order valence-electron chi connectivity index (χ0n) is 15.7. The van der Waals surface area contributed by atoms with Gasteiger partial charge in [0, 0.05) is 24.3 Å². The number of rotatable bonds is 6. The molecule has 27 heavy (non-hydrogen) atoms. The number of para-hydroxylation sites is 1. The van der Waals surface area contributed by atoms with E-state index in [-0.39, 0.29) is 11.8 Å². The second-order valence-corrected chi connectivity index (χ2v) is 6.73. The number of anilines is 1. The van der Waals surface area contributed by atoms with Crippen LogP contribution in [0.1, 0.15) is 53.3 Å². The predicted octanol–water partition coefficient (Wildman–Crippen LogP) is 4.35. The first-order chi connectivity index (χ1) is 13.2. The van der Waals surface area contributed by atoms with Crippen molar-refractivity contribution in [3.05, 3.63) is 59.7 Å². The van der Waals surface area contributed by atoms with Gasteiger partial charge in [0.1, 0.15) is 5.75 Å². The lowest BCUT2D eigenvalue weighted by molar-refractivity contribution is 0.0724. The third-order valence-electron chi connectivity index (χ3n) is 4.60. The largest absolute Gasteiger partial charge is 0.493 e. The van der Waals surface area contributed by atoms with Crippen LogP contribution in [0.5, 0.6) is 5.75 Å². The number of benzene rings is 2. The Hall–Kier alpha value is -2.82. The molecule has 1 N–H and O–H groups in total. The lowest BCUT2D eigenvalue weighted by Gasteiger charge is -2.26. The van der Waals surface area contributed by atoms with Crippen molar-refractivity contribution in [2.24, 2.45) is 0 Å². The van der Waals surface area contributed by atoms with Gasteiger partial charge in [0.05, 0.1) is 12.2 Å². The van der Waals surface area contributed by atoms with E-state index < -0.39 is 0 Å². The van der Waals surface area contributed by atoms with E-state index in [1.165, 1.54) is 6.42 Å². The highest BCUT2D eigenvalue weighted by Gasteiger charge is 2.19. The molecule has 0 spiro atoms. The first-order valence-electron chi connectivity index (χ1n) is 9.61. The van der Waals surface area contributed by atoms with Gasteiger partial charge in [0.15, 0.2) is 0 Å². The number of carbonyl (C=O) groups is 2. The van der Waals surface area contributed by atoms with Gasteiger partial charge < -0.3 is 15.0 Å². The van der Waals surface area contributed by atoms with Crippen molar-refractivity contribution in [1.29, 1.82) is 0 Å². The maximum absolute atomic E-state index is 12.7. The van der Waals surface area contributed by atoms with Gasteiger partial charge in [-0.05, 0) is 56.0 Å². The van der Waals surface area contributed by atoms with Crippen LogP contribution < -0.4 is 10.1 Å². The number of nitrogens with one attached hydrogen (secondary N) is 1. The van der Waals surface area contributed by atoms with E-state index in [1.807, 2.05) is 24.0 Å². The summed E-state index contributed by atoms with van der Waals surface area (Å²) in [6.07, 6.45) is 4.16. The number of likely N-dealkylation sites (tertiary alicyclic amines) is 1. The number of hydrogen-bond donors (Lipinski definition) is 1. The normalized spacial score (nSPS) is 13.9. The van der Waals surface area contributed by atoms with Gasteiger partial charge in [0.25, 0.3) is 11.8 Å². The maximum atomic E-state index is 12.7. The quantitative estimate of drug-likeness (QED) is 0.827. The fraction of sp³-hybridized carbons (Fsp3) is 0.364. The van der Waals surface area contributed by atoms with E-state index in [0.29, 0.717) is 29.2 Å². The minimum absolute atomic E-state index is 0.0254. The van der Waals surface area contributed by atoms with Crippen LogP contribution >= 0.6 is 0 Å². The monoisotopic (exact) mass is 366 g/mol. The minimum atomic E-state index is -0.246. The van der Waals surface area contributed by atoms with Gasteiger partial charge in [-0.25, -0.2) is 0 Å². The summed E-state index contributed by atoms with van der Waals surface area (Å²) in [5, 5.41) is 2.88. The first-order valence-corrected chi connectivity index (χ1v) is 9.61. The zero-order chi connectivity index (χ0) is 19.1. The maximum Gasteiger partial charge on any atom is 0.259 e. The van der Waals surface area contributed by atoms with Crippen LogP contribution in [0.2, 0.25) is 0 Å². The van der Waals surface area contributed by atoms with Crippen LogP contribution in [0.4, 0.5) is 5.69 Å². The molecule has 0 radical (unpaired) electrons. The Bertz CT molecular complexity index is 798. The fourth-order valence-electron chi connectivity index (χ4n) is 3.20. The summed E-state index contributed by atoms with van der Waals surface area (Å²) >= 11 is 0. The molecule has 5 nitrogen and oxygen atoms in total. The molecule has 1 saturated heterocycles. The molecule has 2 aromatic rings. The van der Waals surface area contributed by atoms with E-state index in [9.17, 15) is 9.59 Å². The predicted molar refractivity (Wildman–Crippen MR) is 106 cm³/mol. The molecule has 142 valence electrons. The average Bonchev–Trinajstić information content (AvgIpc) is 2.72. The summed E-state index contributed by atoms with van der Waals surface area (Å²) in [5.41, 5.74) is 1.69. The Morgan fingerprint density at radius 3 is 2.59 bits per heavy atom. The SMILES string of the molecule is CCCOc1ccccc1C(=O)Nc1cccc(C(=O)N2CCCCC2)c1. The molecule has 2 amide bonds. The van der Waals surface area contributed by atoms with Crippen molar-refractivity contribution in [2.75, 3.05) is 25.0 Å². The number of nitrogens with zero attached hydrogens (tertiary/aromatic N) is 1. The Labute approximate surface area is 160 Å². The lowest BCUT2D eigenvalue weighted by atomic mass is 10.1. The molecule has 1 fully saturated rings. The second kappa shape index (κ2) is 9.21. The second-order valence-electron chi connectivity index (χ2n) is 6.73. The van der Waals surface area contributed by atoms with E-state index >= 15 is 0 Å². The van der Waals surface area contributed by atoms with Crippen LogP contribution in [-0.4, -0.2) is 36.4 Å². The molecule has 0 atom stereocenters. The molecule has 0 saturated carbocycles. The van der Waals surface area contributed by atoms with Gasteiger partial charge in [-0.15, -0.1) is 0 Å². The molecule has 1 aliphatic heterocycles. The highest BCUT2D eigenvalue weighted by molar-refractivity contribution is 6.06. The number of ether oxygens (including phenoxy) is 1. The summed E-state index contributed by atoms with van der Waals surface area (Å²) in [6.45, 7) is 4.19. The molecule has 2 aromatic carbocycles. The molecule has 1 heterocycles. The van der Waals surface area contributed by atoms with Crippen molar-refractivity contribution >= 4 is 17.5 Å². The van der Waals surface area contributed by atoms with Crippen molar-refractivity contribution in [3.8, 4) is 5.75 Å². The Morgan fingerprint density at radius 2 is 1.81 bits per heavy atom. The van der Waals surface area contributed by atoms with Crippen LogP contribution in [0.25, 0.3) is 0 Å². The van der Waals surface area contributed by atoms with E-state index in [0.717, 1.165) is 32.4 Å². The summed E-state index contributed by atoms with van der Waals surface area (Å²) < 4.78 is 5.66. The Kier molecular flexibility index (Phi) is 6.47. The van der Waals surface area contributed by atoms with Gasteiger partial charge in [-0.2, -0.15) is 0 Å². The highest BCUT2D eigenvalue weighted by Crippen LogP contribution is 2.21. The average molecular weight is 366 g/mol. The van der Waals surface area contributed by atoms with E-state index in [2.05, 4.69) is 5.32 Å². The number of piperidine rings is 1. The number of amides is 2. The molecule has 0 unspecified atom stereocenters.